The standard InChI is InChI=1S/C13H18N2O7/c1-6-4-7(15(20)21)2-3-8(6)14-13-12(19)11(18)10(17)9(5-16)22-13/h2-4,9-14,16-19H,5H2,1H3/t9-,10-,11+,12+,13-/m1/s1. The highest BCUT2D eigenvalue weighted by Crippen LogP contribution is 2.26. The number of aliphatic hydroxyl groups excluding tert-OH is 4. The molecule has 5 atom stereocenters. The van der Waals surface area contributed by atoms with Crippen LogP contribution in [-0.4, -0.2) is 62.6 Å². The van der Waals surface area contributed by atoms with Gasteiger partial charge < -0.3 is 30.5 Å². The Morgan fingerprint density at radius 2 is 1.95 bits per heavy atom. The fourth-order valence-electron chi connectivity index (χ4n) is 2.30. The number of anilines is 1. The molecule has 0 unspecified atom stereocenters. The maximum atomic E-state index is 10.7. The van der Waals surface area contributed by atoms with Gasteiger partial charge in [-0.15, -0.1) is 0 Å². The summed E-state index contributed by atoms with van der Waals surface area (Å²) in [6.07, 6.45) is -6.44. The number of hydrogen-bond acceptors (Lipinski definition) is 8. The Balaban J connectivity index is 2.17. The van der Waals surface area contributed by atoms with Crippen molar-refractivity contribution in [2.45, 2.75) is 37.6 Å². The lowest BCUT2D eigenvalue weighted by atomic mass is 9.98. The molecule has 1 heterocycles. The lowest BCUT2D eigenvalue weighted by Crippen LogP contribution is -2.60. The molecule has 0 saturated carbocycles. The summed E-state index contributed by atoms with van der Waals surface area (Å²) in [6, 6.07) is 4.10. The Kier molecular flexibility index (Phi) is 4.94. The Hall–Kier alpha value is -1.78. The van der Waals surface area contributed by atoms with Crippen molar-refractivity contribution >= 4 is 11.4 Å². The first kappa shape index (κ1) is 16.6. The van der Waals surface area contributed by atoms with Gasteiger partial charge in [-0.1, -0.05) is 0 Å². The van der Waals surface area contributed by atoms with Crippen molar-refractivity contribution in [1.82, 2.24) is 0 Å². The van der Waals surface area contributed by atoms with E-state index in [1.807, 2.05) is 0 Å². The number of hydrogen-bond donors (Lipinski definition) is 5. The molecule has 0 amide bonds. The highest BCUT2D eigenvalue weighted by Gasteiger charge is 2.43. The molecular formula is C13H18N2O7. The molecule has 1 aromatic rings. The van der Waals surface area contributed by atoms with E-state index in [2.05, 4.69) is 5.32 Å². The van der Waals surface area contributed by atoms with Gasteiger partial charge in [-0.2, -0.15) is 0 Å². The van der Waals surface area contributed by atoms with E-state index in [-0.39, 0.29) is 5.69 Å². The summed E-state index contributed by atoms with van der Waals surface area (Å²) in [7, 11) is 0. The number of aliphatic hydroxyl groups is 4. The molecule has 1 saturated heterocycles. The average Bonchev–Trinajstić information content (AvgIpc) is 2.49. The molecule has 0 spiro atoms. The minimum absolute atomic E-state index is 0.0724. The zero-order valence-corrected chi connectivity index (χ0v) is 11.8. The first-order valence-corrected chi connectivity index (χ1v) is 6.67. The van der Waals surface area contributed by atoms with E-state index in [4.69, 9.17) is 9.84 Å². The second-order valence-corrected chi connectivity index (χ2v) is 5.15. The van der Waals surface area contributed by atoms with Crippen molar-refractivity contribution in [2.75, 3.05) is 11.9 Å². The maximum Gasteiger partial charge on any atom is 0.269 e. The topological polar surface area (TPSA) is 145 Å². The van der Waals surface area contributed by atoms with Crippen LogP contribution in [0.3, 0.4) is 0 Å². The van der Waals surface area contributed by atoms with Crippen molar-refractivity contribution in [3.05, 3.63) is 33.9 Å². The lowest BCUT2D eigenvalue weighted by molar-refractivity contribution is -0.384. The Labute approximate surface area is 125 Å². The lowest BCUT2D eigenvalue weighted by Gasteiger charge is -2.40. The Bertz CT molecular complexity index is 551. The maximum absolute atomic E-state index is 10.7. The molecule has 1 aliphatic heterocycles. The second-order valence-electron chi connectivity index (χ2n) is 5.15. The van der Waals surface area contributed by atoms with E-state index in [0.29, 0.717) is 11.3 Å². The zero-order chi connectivity index (χ0) is 16.4. The van der Waals surface area contributed by atoms with Crippen LogP contribution >= 0.6 is 0 Å². The van der Waals surface area contributed by atoms with Gasteiger partial charge in [-0.25, -0.2) is 0 Å². The van der Waals surface area contributed by atoms with Gasteiger partial charge in [0, 0.05) is 17.8 Å². The van der Waals surface area contributed by atoms with Crippen LogP contribution < -0.4 is 5.32 Å². The molecule has 2 rings (SSSR count). The van der Waals surface area contributed by atoms with Crippen LogP contribution in [0.1, 0.15) is 5.56 Å². The predicted molar refractivity (Wildman–Crippen MR) is 75.2 cm³/mol. The normalized spacial score (nSPS) is 31.8. The molecule has 0 radical (unpaired) electrons. The summed E-state index contributed by atoms with van der Waals surface area (Å²) >= 11 is 0. The van der Waals surface area contributed by atoms with Crippen LogP contribution in [0.2, 0.25) is 0 Å². The van der Waals surface area contributed by atoms with E-state index in [1.54, 1.807) is 6.92 Å². The van der Waals surface area contributed by atoms with E-state index < -0.39 is 42.2 Å². The third-order valence-electron chi connectivity index (χ3n) is 3.61. The first-order valence-electron chi connectivity index (χ1n) is 6.67. The molecule has 9 nitrogen and oxygen atoms in total. The number of aryl methyl sites for hydroxylation is 1. The number of nitrogens with one attached hydrogen (secondary N) is 1. The van der Waals surface area contributed by atoms with Crippen LogP contribution in [0.5, 0.6) is 0 Å². The molecule has 1 aromatic carbocycles. The highest BCUT2D eigenvalue weighted by atomic mass is 16.6. The smallest absolute Gasteiger partial charge is 0.269 e. The Morgan fingerprint density at radius 3 is 2.50 bits per heavy atom. The third-order valence-corrected chi connectivity index (χ3v) is 3.61. The van der Waals surface area contributed by atoms with E-state index >= 15 is 0 Å². The molecule has 22 heavy (non-hydrogen) atoms. The predicted octanol–water partition coefficient (Wildman–Crippen LogP) is -0.885. The number of rotatable bonds is 4. The average molecular weight is 314 g/mol. The van der Waals surface area contributed by atoms with Gasteiger partial charge in [0.2, 0.25) is 0 Å². The summed E-state index contributed by atoms with van der Waals surface area (Å²) in [5, 5.41) is 52.0. The SMILES string of the molecule is Cc1cc([N+](=O)[O-])ccc1N[C@@H]1O[C@H](CO)[C@@H](O)[C@H](O)[C@@H]1O. The number of nitrogens with zero attached hydrogens (tertiary/aromatic N) is 1. The largest absolute Gasteiger partial charge is 0.394 e. The number of ether oxygens (including phenoxy) is 1. The van der Waals surface area contributed by atoms with Crippen molar-refractivity contribution in [3.8, 4) is 0 Å². The third kappa shape index (κ3) is 3.18. The van der Waals surface area contributed by atoms with Gasteiger partial charge in [0.1, 0.15) is 24.4 Å². The molecule has 0 aromatic heterocycles. The summed E-state index contributed by atoms with van der Waals surface area (Å²) in [6.45, 7) is 1.11. The van der Waals surface area contributed by atoms with Crippen molar-refractivity contribution in [3.63, 3.8) is 0 Å². The number of nitro benzene ring substituents is 1. The summed E-state index contributed by atoms with van der Waals surface area (Å²) < 4.78 is 5.31. The van der Waals surface area contributed by atoms with Crippen molar-refractivity contribution in [1.29, 1.82) is 0 Å². The van der Waals surface area contributed by atoms with E-state index in [9.17, 15) is 25.4 Å². The molecule has 0 aliphatic carbocycles. The van der Waals surface area contributed by atoms with Gasteiger partial charge in [-0.3, -0.25) is 10.1 Å². The second kappa shape index (κ2) is 6.55. The minimum atomic E-state index is -1.48. The number of non-ortho nitro benzene ring substituents is 1. The van der Waals surface area contributed by atoms with E-state index in [0.717, 1.165) is 0 Å². The monoisotopic (exact) mass is 314 g/mol. The van der Waals surface area contributed by atoms with Crippen LogP contribution in [-0.2, 0) is 4.74 Å². The summed E-state index contributed by atoms with van der Waals surface area (Å²) in [4.78, 5) is 10.2. The fourth-order valence-corrected chi connectivity index (χ4v) is 2.30. The van der Waals surface area contributed by atoms with Crippen LogP contribution in [0.15, 0.2) is 18.2 Å². The molecular weight excluding hydrogens is 296 g/mol. The van der Waals surface area contributed by atoms with Crippen LogP contribution in [0.4, 0.5) is 11.4 Å². The van der Waals surface area contributed by atoms with E-state index in [1.165, 1.54) is 18.2 Å². The molecule has 1 fully saturated rings. The molecule has 1 aliphatic rings. The van der Waals surface area contributed by atoms with Gasteiger partial charge in [0.25, 0.3) is 5.69 Å². The molecule has 5 N–H and O–H groups in total. The van der Waals surface area contributed by atoms with Gasteiger partial charge in [-0.05, 0) is 18.6 Å². The Morgan fingerprint density at radius 1 is 1.27 bits per heavy atom. The van der Waals surface area contributed by atoms with Crippen LogP contribution in [0, 0.1) is 17.0 Å². The minimum Gasteiger partial charge on any atom is -0.394 e. The van der Waals surface area contributed by atoms with Crippen molar-refractivity contribution in [2.24, 2.45) is 0 Å². The number of nitro groups is 1. The highest BCUT2D eigenvalue weighted by molar-refractivity contribution is 5.55. The number of benzene rings is 1. The van der Waals surface area contributed by atoms with Crippen LogP contribution in [0.25, 0.3) is 0 Å². The van der Waals surface area contributed by atoms with Gasteiger partial charge >= 0.3 is 0 Å². The van der Waals surface area contributed by atoms with Gasteiger partial charge in [0.05, 0.1) is 11.5 Å². The fraction of sp³-hybridized carbons (Fsp3) is 0.538. The van der Waals surface area contributed by atoms with Gasteiger partial charge in [0.15, 0.2) is 6.23 Å². The van der Waals surface area contributed by atoms with Crippen molar-refractivity contribution < 1.29 is 30.1 Å². The first-order chi connectivity index (χ1) is 10.3. The summed E-state index contributed by atoms with van der Waals surface area (Å²) in [5.41, 5.74) is 0.943. The molecule has 122 valence electrons. The quantitative estimate of drug-likeness (QED) is 0.355. The zero-order valence-electron chi connectivity index (χ0n) is 11.8. The molecule has 0 bridgehead atoms. The summed E-state index contributed by atoms with van der Waals surface area (Å²) in [5.74, 6) is 0. The molecule has 9 heteroatoms.